The summed E-state index contributed by atoms with van der Waals surface area (Å²) in [6.07, 6.45) is 6.02. The number of likely N-dealkylation sites (N-methyl/N-ethyl adjacent to an activating group) is 2. The summed E-state index contributed by atoms with van der Waals surface area (Å²) in [5, 5.41) is 2.80. The van der Waals surface area contributed by atoms with Gasteiger partial charge in [-0.15, -0.1) is 0 Å². The lowest BCUT2D eigenvalue weighted by molar-refractivity contribution is -0.617. The Morgan fingerprint density at radius 3 is 1.95 bits per heavy atom. The second kappa shape index (κ2) is 17.6. The molecule has 4 rings (SSSR count). The summed E-state index contributed by atoms with van der Waals surface area (Å²) in [6.45, 7) is 5.05. The summed E-state index contributed by atoms with van der Waals surface area (Å²) >= 11 is 17.4. The fourth-order valence-corrected chi connectivity index (χ4v) is 4.61. The zero-order chi connectivity index (χ0) is 27.4. The van der Waals surface area contributed by atoms with Crippen LogP contribution in [0.25, 0.3) is 0 Å². The van der Waals surface area contributed by atoms with Crippen molar-refractivity contribution in [2.45, 2.75) is 52.4 Å². The van der Waals surface area contributed by atoms with Crippen molar-refractivity contribution in [2.75, 3.05) is 45.3 Å². The number of anilines is 1. The maximum absolute atomic E-state index is 11.5. The average molecular weight is 612 g/mol. The number of hydrogen-bond donors (Lipinski definition) is 1. The van der Waals surface area contributed by atoms with Crippen molar-refractivity contribution in [1.29, 1.82) is 0 Å². The van der Waals surface area contributed by atoms with Gasteiger partial charge in [0.15, 0.2) is 6.54 Å². The van der Waals surface area contributed by atoms with Gasteiger partial charge in [-0.1, -0.05) is 11.6 Å². The first-order chi connectivity index (χ1) is 17.7. The molecule has 2 aliphatic carbocycles. The van der Waals surface area contributed by atoms with E-state index < -0.39 is 0 Å². The molecule has 2 N–H and O–H groups in total. The minimum Gasteiger partial charge on any atom is -1.00 e. The van der Waals surface area contributed by atoms with Gasteiger partial charge in [0.1, 0.15) is 17.5 Å². The van der Waals surface area contributed by atoms with Crippen molar-refractivity contribution >= 4 is 52.6 Å². The van der Waals surface area contributed by atoms with Crippen LogP contribution in [-0.4, -0.2) is 72.3 Å². The molecular formula is C24H34Cl4N6O4. The number of carbonyl (C=O) groups excluding carboxylic acids is 2. The minimum absolute atomic E-state index is 0. The van der Waals surface area contributed by atoms with E-state index in [2.05, 4.69) is 24.7 Å². The first kappa shape index (κ1) is 34.0. The van der Waals surface area contributed by atoms with Crippen LogP contribution in [0, 0.1) is 0 Å². The highest BCUT2D eigenvalue weighted by Crippen LogP contribution is 2.29. The molecule has 14 heteroatoms. The topological polar surface area (TPSA) is 124 Å². The first-order valence-corrected chi connectivity index (χ1v) is 13.4. The predicted octanol–water partition coefficient (Wildman–Crippen LogP) is -0.363. The van der Waals surface area contributed by atoms with E-state index in [9.17, 15) is 9.59 Å². The third-order valence-corrected chi connectivity index (χ3v) is 6.10. The molecule has 0 radical (unpaired) electrons. The van der Waals surface area contributed by atoms with E-state index in [-0.39, 0.29) is 41.5 Å². The molecule has 38 heavy (non-hydrogen) atoms. The van der Waals surface area contributed by atoms with Crippen LogP contribution in [-0.2, 0) is 44.7 Å². The van der Waals surface area contributed by atoms with Crippen LogP contribution < -0.4 is 22.6 Å². The molecule has 0 amide bonds. The highest BCUT2D eigenvalue weighted by molar-refractivity contribution is 6.32. The molecule has 2 heterocycles. The van der Waals surface area contributed by atoms with Gasteiger partial charge >= 0.3 is 11.9 Å². The Morgan fingerprint density at radius 2 is 1.37 bits per heavy atom. The molecule has 0 unspecified atom stereocenters. The molecule has 0 spiro atoms. The van der Waals surface area contributed by atoms with Gasteiger partial charge in [-0.05, 0) is 75.6 Å². The Kier molecular flexibility index (Phi) is 15.7. The standard InChI is InChI=1S/C12H16ClN3O2.C7H6Cl2N2.C5H11NO2.ClH/c1-3-18-10(17)7-16(2)11-8-5-4-6-9(8)14-12(13)15-11;8-6-4-2-1-3-5(4)10-7(9)11-6;1-3-8-5(7)4-6-2;/h3-7H2,1-2H3;1-3H2;6H,3-4H2,1-2H3;1H. The number of quaternary nitrogens is 1. The zero-order valence-corrected chi connectivity index (χ0v) is 25.1. The zero-order valence-electron chi connectivity index (χ0n) is 22.0. The average Bonchev–Trinajstić information content (AvgIpc) is 3.49. The van der Waals surface area contributed by atoms with Crippen molar-refractivity contribution in [2.24, 2.45) is 0 Å². The lowest BCUT2D eigenvalue weighted by Gasteiger charge is -2.19. The fraction of sp³-hybridized carbons (Fsp3) is 0.583. The SMILES string of the molecule is CCOC(=O)CN(C)c1nc(Cl)nc2c1CCC2.CCOC(=O)C[NH2+]C.Clc1nc(Cl)c2c(n1)CCC2.[Cl-]. The number of aromatic nitrogens is 4. The Balaban J connectivity index is 0.000000309. The largest absolute Gasteiger partial charge is 1.00 e. The number of aryl methyl sites for hydroxylation is 2. The molecule has 10 nitrogen and oxygen atoms in total. The quantitative estimate of drug-likeness (QED) is 0.254. The van der Waals surface area contributed by atoms with Gasteiger partial charge in [0.05, 0.1) is 31.6 Å². The number of nitrogens with zero attached hydrogens (tertiary/aromatic N) is 5. The molecule has 0 aliphatic heterocycles. The van der Waals surface area contributed by atoms with Crippen molar-refractivity contribution in [3.05, 3.63) is 38.2 Å². The minimum atomic E-state index is -0.263. The van der Waals surface area contributed by atoms with Gasteiger partial charge < -0.3 is 32.1 Å². The molecule has 0 atom stereocenters. The van der Waals surface area contributed by atoms with Gasteiger partial charge in [-0.25, -0.2) is 24.7 Å². The summed E-state index contributed by atoms with van der Waals surface area (Å²) in [5.41, 5.74) is 4.21. The van der Waals surface area contributed by atoms with E-state index >= 15 is 0 Å². The second-order valence-electron chi connectivity index (χ2n) is 8.24. The molecule has 212 valence electrons. The maximum Gasteiger partial charge on any atom is 0.361 e. The molecule has 0 fully saturated rings. The van der Waals surface area contributed by atoms with Crippen LogP contribution in [0.4, 0.5) is 5.82 Å². The number of ether oxygens (including phenoxy) is 2. The predicted molar refractivity (Wildman–Crippen MR) is 142 cm³/mol. The molecule has 0 aromatic carbocycles. The summed E-state index contributed by atoms with van der Waals surface area (Å²) < 4.78 is 9.54. The summed E-state index contributed by atoms with van der Waals surface area (Å²) in [7, 11) is 3.64. The van der Waals surface area contributed by atoms with Gasteiger partial charge in [-0.2, -0.15) is 0 Å². The number of carbonyl (C=O) groups is 2. The molecule has 2 aromatic heterocycles. The summed E-state index contributed by atoms with van der Waals surface area (Å²) in [5.74, 6) is 0.340. The van der Waals surface area contributed by atoms with Crippen LogP contribution in [0.3, 0.4) is 0 Å². The highest BCUT2D eigenvalue weighted by atomic mass is 35.5. The first-order valence-electron chi connectivity index (χ1n) is 12.3. The van der Waals surface area contributed by atoms with E-state index in [1.165, 1.54) is 0 Å². The number of hydrogen-bond acceptors (Lipinski definition) is 9. The third-order valence-electron chi connectivity index (χ3n) is 5.45. The number of fused-ring (bicyclic) bond motifs is 2. The van der Waals surface area contributed by atoms with E-state index in [0.717, 1.165) is 66.9 Å². The highest BCUT2D eigenvalue weighted by Gasteiger charge is 2.22. The number of halogens is 4. The van der Waals surface area contributed by atoms with E-state index in [1.807, 2.05) is 14.1 Å². The Morgan fingerprint density at radius 1 is 0.842 bits per heavy atom. The Labute approximate surface area is 244 Å². The summed E-state index contributed by atoms with van der Waals surface area (Å²) in [4.78, 5) is 40.0. The normalized spacial score (nSPS) is 12.5. The molecule has 2 aliphatic rings. The van der Waals surface area contributed by atoms with Gasteiger partial charge in [0.2, 0.25) is 10.6 Å². The van der Waals surface area contributed by atoms with E-state index in [4.69, 9.17) is 39.5 Å². The van der Waals surface area contributed by atoms with Crippen LogP contribution in [0.15, 0.2) is 0 Å². The number of esters is 2. The van der Waals surface area contributed by atoms with Crippen molar-refractivity contribution in [1.82, 2.24) is 19.9 Å². The Hall–Kier alpha value is -1.98. The van der Waals surface area contributed by atoms with Crippen LogP contribution in [0.5, 0.6) is 0 Å². The molecule has 0 saturated carbocycles. The third kappa shape index (κ3) is 10.6. The van der Waals surface area contributed by atoms with Crippen LogP contribution in [0.1, 0.15) is 49.2 Å². The number of nitrogens with two attached hydrogens (primary N) is 1. The smallest absolute Gasteiger partial charge is 0.361 e. The van der Waals surface area contributed by atoms with E-state index in [1.54, 1.807) is 24.1 Å². The monoisotopic (exact) mass is 610 g/mol. The van der Waals surface area contributed by atoms with Gasteiger partial charge in [0, 0.05) is 18.2 Å². The van der Waals surface area contributed by atoms with Crippen LogP contribution >= 0.6 is 34.8 Å². The van der Waals surface area contributed by atoms with Crippen molar-refractivity contribution in [3.8, 4) is 0 Å². The fourth-order valence-electron chi connectivity index (χ4n) is 3.92. The Bertz CT molecular complexity index is 1070. The number of rotatable bonds is 7. The molecular weight excluding hydrogens is 578 g/mol. The van der Waals surface area contributed by atoms with E-state index in [0.29, 0.717) is 24.9 Å². The molecule has 2 aromatic rings. The van der Waals surface area contributed by atoms with Gasteiger partial charge in [-0.3, -0.25) is 4.79 Å². The maximum atomic E-state index is 11.5. The molecule has 0 bridgehead atoms. The lowest BCUT2D eigenvalue weighted by Crippen LogP contribution is -3.00. The second-order valence-corrected chi connectivity index (χ2v) is 9.27. The lowest BCUT2D eigenvalue weighted by atomic mass is 10.2. The molecule has 0 saturated heterocycles. The van der Waals surface area contributed by atoms with Crippen molar-refractivity contribution in [3.63, 3.8) is 0 Å². The van der Waals surface area contributed by atoms with Crippen LogP contribution in [0.2, 0.25) is 15.7 Å². The van der Waals surface area contributed by atoms with Gasteiger partial charge in [0.25, 0.3) is 0 Å². The summed E-state index contributed by atoms with van der Waals surface area (Å²) in [6, 6.07) is 0. The van der Waals surface area contributed by atoms with Crippen molar-refractivity contribution < 1.29 is 36.8 Å².